The van der Waals surface area contributed by atoms with Crippen molar-refractivity contribution in [2.45, 2.75) is 44.7 Å². The zero-order valence-electron chi connectivity index (χ0n) is 16.7. The first-order valence-electron chi connectivity index (χ1n) is 9.62. The highest BCUT2D eigenvalue weighted by Gasteiger charge is 2.41. The summed E-state index contributed by atoms with van der Waals surface area (Å²) in [4.78, 5) is 12.0. The van der Waals surface area contributed by atoms with Gasteiger partial charge in [-0.25, -0.2) is 4.79 Å². The highest BCUT2D eigenvalue weighted by Crippen LogP contribution is 2.26. The van der Waals surface area contributed by atoms with Gasteiger partial charge in [0.1, 0.15) is 6.10 Å². The third-order valence-corrected chi connectivity index (χ3v) is 4.75. The number of carbonyl (C=O) groups excluding carboxylic acids is 1. The molecule has 0 unspecified atom stereocenters. The van der Waals surface area contributed by atoms with E-state index in [0.717, 1.165) is 12.8 Å². The molecule has 0 spiro atoms. The SMILES string of the molecule is COC(=O)[C@H](OCC=CCCc1ccc2ccccc2c1)[C@@H]1COC(C)(C)O1. The molecule has 2 aromatic rings. The number of methoxy groups -OCH3 is 1. The van der Waals surface area contributed by atoms with Crippen LogP contribution in [0.25, 0.3) is 10.8 Å². The lowest BCUT2D eigenvalue weighted by Gasteiger charge is -2.22. The van der Waals surface area contributed by atoms with Crippen LogP contribution in [0.3, 0.4) is 0 Å². The number of benzene rings is 2. The molecule has 1 heterocycles. The number of ether oxygens (including phenoxy) is 4. The Bertz CT molecular complexity index is 827. The maximum atomic E-state index is 12.0. The summed E-state index contributed by atoms with van der Waals surface area (Å²) in [6.45, 7) is 4.25. The van der Waals surface area contributed by atoms with E-state index in [1.807, 2.05) is 19.9 Å². The van der Waals surface area contributed by atoms with E-state index in [-0.39, 0.29) is 0 Å². The van der Waals surface area contributed by atoms with Gasteiger partial charge in [-0.05, 0) is 43.0 Å². The van der Waals surface area contributed by atoms with Gasteiger partial charge >= 0.3 is 5.97 Å². The molecule has 0 saturated carbocycles. The van der Waals surface area contributed by atoms with Crippen molar-refractivity contribution in [2.24, 2.45) is 0 Å². The Morgan fingerprint density at radius 3 is 2.71 bits per heavy atom. The first kappa shape index (κ1) is 20.5. The van der Waals surface area contributed by atoms with E-state index < -0.39 is 24.0 Å². The number of aryl methyl sites for hydroxylation is 1. The molecule has 0 aliphatic carbocycles. The summed E-state index contributed by atoms with van der Waals surface area (Å²) in [7, 11) is 1.35. The highest BCUT2D eigenvalue weighted by molar-refractivity contribution is 5.83. The van der Waals surface area contributed by atoms with Gasteiger partial charge in [0.2, 0.25) is 0 Å². The summed E-state index contributed by atoms with van der Waals surface area (Å²) >= 11 is 0. The maximum Gasteiger partial charge on any atom is 0.337 e. The van der Waals surface area contributed by atoms with Gasteiger partial charge in [0.05, 0.1) is 20.3 Å². The summed E-state index contributed by atoms with van der Waals surface area (Å²) < 4.78 is 21.8. The van der Waals surface area contributed by atoms with E-state index in [4.69, 9.17) is 18.9 Å². The minimum absolute atomic E-state index is 0.304. The van der Waals surface area contributed by atoms with Gasteiger partial charge < -0.3 is 18.9 Å². The monoisotopic (exact) mass is 384 g/mol. The van der Waals surface area contributed by atoms with Crippen LogP contribution in [0.5, 0.6) is 0 Å². The Hall–Kier alpha value is -2.21. The van der Waals surface area contributed by atoms with E-state index in [0.29, 0.717) is 13.2 Å². The van der Waals surface area contributed by atoms with Crippen molar-refractivity contribution in [1.82, 2.24) is 0 Å². The molecule has 3 rings (SSSR count). The van der Waals surface area contributed by atoms with E-state index in [1.54, 1.807) is 0 Å². The Labute approximate surface area is 166 Å². The molecule has 1 saturated heterocycles. The Kier molecular flexibility index (Phi) is 6.83. The summed E-state index contributed by atoms with van der Waals surface area (Å²) in [5.74, 6) is -1.16. The average Bonchev–Trinajstić information content (AvgIpc) is 3.06. The quantitative estimate of drug-likeness (QED) is 0.508. The van der Waals surface area contributed by atoms with Gasteiger partial charge in [-0.15, -0.1) is 0 Å². The molecule has 150 valence electrons. The van der Waals surface area contributed by atoms with Crippen LogP contribution in [-0.2, 0) is 30.2 Å². The van der Waals surface area contributed by atoms with Gasteiger partial charge in [0.25, 0.3) is 0 Å². The zero-order chi connectivity index (χ0) is 20.0. The van der Waals surface area contributed by atoms with Crippen LogP contribution in [0.1, 0.15) is 25.8 Å². The maximum absolute atomic E-state index is 12.0. The Morgan fingerprint density at radius 1 is 1.21 bits per heavy atom. The number of allylic oxidation sites excluding steroid dienone is 1. The molecule has 1 fully saturated rings. The van der Waals surface area contributed by atoms with Crippen LogP contribution in [0, 0.1) is 0 Å². The van der Waals surface area contributed by atoms with Gasteiger partial charge in [-0.3, -0.25) is 0 Å². The van der Waals surface area contributed by atoms with Crippen molar-refractivity contribution in [3.63, 3.8) is 0 Å². The van der Waals surface area contributed by atoms with Crippen molar-refractivity contribution < 1.29 is 23.7 Å². The Balaban J connectivity index is 1.47. The Morgan fingerprint density at radius 2 is 2.00 bits per heavy atom. The van der Waals surface area contributed by atoms with Crippen molar-refractivity contribution in [3.05, 3.63) is 60.2 Å². The van der Waals surface area contributed by atoms with Crippen LogP contribution in [0.4, 0.5) is 0 Å². The molecule has 5 nitrogen and oxygen atoms in total. The lowest BCUT2D eigenvalue weighted by Crippen LogP contribution is -2.40. The molecule has 2 aromatic carbocycles. The first-order chi connectivity index (χ1) is 13.5. The standard InChI is InChI=1S/C23H28O5/c1-23(2)27-16-20(28-23)21(22(24)25-3)26-14-8-4-5-9-17-12-13-18-10-6-7-11-19(18)15-17/h4,6-8,10-13,15,20-21H,5,9,14,16H2,1-3H3/t20-,21+/m0/s1. The van der Waals surface area contributed by atoms with Crippen LogP contribution in [-0.4, -0.2) is 44.3 Å². The zero-order valence-corrected chi connectivity index (χ0v) is 16.7. The second-order valence-electron chi connectivity index (χ2n) is 7.34. The fourth-order valence-electron chi connectivity index (χ4n) is 3.30. The van der Waals surface area contributed by atoms with E-state index in [1.165, 1.54) is 23.4 Å². The van der Waals surface area contributed by atoms with Crippen LogP contribution in [0.15, 0.2) is 54.6 Å². The van der Waals surface area contributed by atoms with Crippen molar-refractivity contribution in [1.29, 1.82) is 0 Å². The van der Waals surface area contributed by atoms with Crippen LogP contribution < -0.4 is 0 Å². The highest BCUT2D eigenvalue weighted by atomic mass is 16.8. The van der Waals surface area contributed by atoms with Crippen LogP contribution >= 0.6 is 0 Å². The van der Waals surface area contributed by atoms with Crippen molar-refractivity contribution in [2.75, 3.05) is 20.3 Å². The minimum Gasteiger partial charge on any atom is -0.467 e. The molecule has 0 radical (unpaired) electrons. The third-order valence-electron chi connectivity index (χ3n) is 4.75. The second-order valence-corrected chi connectivity index (χ2v) is 7.34. The smallest absolute Gasteiger partial charge is 0.337 e. The average molecular weight is 384 g/mol. The number of esters is 1. The number of carbonyl (C=O) groups is 1. The molecule has 1 aliphatic rings. The lowest BCUT2D eigenvalue weighted by molar-refractivity contribution is -0.175. The third kappa shape index (κ3) is 5.41. The summed E-state index contributed by atoms with van der Waals surface area (Å²) in [6, 6.07) is 14.9. The largest absolute Gasteiger partial charge is 0.467 e. The molecule has 0 amide bonds. The lowest BCUT2D eigenvalue weighted by atomic mass is 10.0. The molecule has 0 aromatic heterocycles. The number of hydrogen-bond acceptors (Lipinski definition) is 5. The molecule has 28 heavy (non-hydrogen) atoms. The molecule has 0 bridgehead atoms. The van der Waals surface area contributed by atoms with E-state index in [9.17, 15) is 4.79 Å². The summed E-state index contributed by atoms with van der Waals surface area (Å²) in [5.41, 5.74) is 1.30. The fourth-order valence-corrected chi connectivity index (χ4v) is 3.30. The van der Waals surface area contributed by atoms with Crippen molar-refractivity contribution >= 4 is 16.7 Å². The summed E-state index contributed by atoms with van der Waals surface area (Å²) in [5, 5.41) is 2.51. The molecule has 5 heteroatoms. The van der Waals surface area contributed by atoms with E-state index in [2.05, 4.69) is 48.5 Å². The second kappa shape index (κ2) is 9.32. The van der Waals surface area contributed by atoms with Gasteiger partial charge in [0, 0.05) is 0 Å². The fraction of sp³-hybridized carbons (Fsp3) is 0.435. The summed E-state index contributed by atoms with van der Waals surface area (Å²) in [6.07, 6.45) is 4.60. The van der Waals surface area contributed by atoms with E-state index >= 15 is 0 Å². The number of rotatable bonds is 8. The van der Waals surface area contributed by atoms with Gasteiger partial charge in [0.15, 0.2) is 11.9 Å². The van der Waals surface area contributed by atoms with Crippen LogP contribution in [0.2, 0.25) is 0 Å². The molecular formula is C23H28O5. The number of hydrogen-bond donors (Lipinski definition) is 0. The minimum atomic E-state index is -0.795. The molecule has 1 aliphatic heterocycles. The first-order valence-corrected chi connectivity index (χ1v) is 9.62. The predicted molar refractivity (Wildman–Crippen MR) is 108 cm³/mol. The topological polar surface area (TPSA) is 54.0 Å². The number of fused-ring (bicyclic) bond motifs is 1. The molecule has 0 N–H and O–H groups in total. The normalized spacial score (nSPS) is 19.9. The van der Waals surface area contributed by atoms with Gasteiger partial charge in [-0.2, -0.15) is 0 Å². The van der Waals surface area contributed by atoms with Gasteiger partial charge in [-0.1, -0.05) is 54.6 Å². The predicted octanol–water partition coefficient (Wildman–Crippen LogP) is 4.04. The molecule has 2 atom stereocenters. The van der Waals surface area contributed by atoms with Crippen molar-refractivity contribution in [3.8, 4) is 0 Å². The molecular weight excluding hydrogens is 356 g/mol.